The second kappa shape index (κ2) is 8.43. The summed E-state index contributed by atoms with van der Waals surface area (Å²) in [6, 6.07) is 4.13. The summed E-state index contributed by atoms with van der Waals surface area (Å²) in [5.41, 5.74) is 0.705. The van der Waals surface area contributed by atoms with Gasteiger partial charge in [-0.15, -0.1) is 0 Å². The predicted octanol–water partition coefficient (Wildman–Crippen LogP) is 1.64. The van der Waals surface area contributed by atoms with Crippen molar-refractivity contribution in [2.45, 2.75) is 38.3 Å². The molecule has 21 heavy (non-hydrogen) atoms. The van der Waals surface area contributed by atoms with E-state index in [-0.39, 0.29) is 17.5 Å². The fourth-order valence-corrected chi connectivity index (χ4v) is 2.96. The van der Waals surface area contributed by atoms with Crippen molar-refractivity contribution in [1.82, 2.24) is 10.0 Å². The van der Waals surface area contributed by atoms with Crippen molar-refractivity contribution in [3.8, 4) is 0 Å². The third-order valence-electron chi connectivity index (χ3n) is 2.88. The molecular weight excluding hydrogens is 295 g/mol. The van der Waals surface area contributed by atoms with E-state index in [0.717, 1.165) is 6.54 Å². The van der Waals surface area contributed by atoms with Crippen molar-refractivity contribution in [3.63, 3.8) is 0 Å². The number of sulfonamides is 1. The van der Waals surface area contributed by atoms with Crippen LogP contribution in [0, 0.1) is 5.82 Å². The van der Waals surface area contributed by atoms with Gasteiger partial charge in [0.15, 0.2) is 0 Å². The van der Waals surface area contributed by atoms with Crippen LogP contribution in [-0.2, 0) is 21.3 Å². The van der Waals surface area contributed by atoms with Gasteiger partial charge in [-0.05, 0) is 38.1 Å². The lowest BCUT2D eigenvalue weighted by molar-refractivity contribution is 0.0799. The molecule has 0 fully saturated rings. The fourth-order valence-electron chi connectivity index (χ4n) is 1.79. The standard InChI is InChI=1S/C14H23FN2O3S/c1-4-16-10-12-6-7-14(13(15)8-12)21(18,19)17-9-11(3)20-5-2/h6-8,11,16-17H,4-5,9-10H2,1-3H3. The van der Waals surface area contributed by atoms with Gasteiger partial charge >= 0.3 is 0 Å². The molecule has 1 aromatic carbocycles. The Kier molecular flexibility index (Phi) is 7.24. The third kappa shape index (κ3) is 5.70. The van der Waals surface area contributed by atoms with Crippen molar-refractivity contribution in [2.24, 2.45) is 0 Å². The number of halogens is 1. The zero-order valence-electron chi connectivity index (χ0n) is 12.6. The topological polar surface area (TPSA) is 67.4 Å². The molecule has 0 radical (unpaired) electrons. The van der Waals surface area contributed by atoms with Crippen LogP contribution in [0.4, 0.5) is 4.39 Å². The Labute approximate surface area is 125 Å². The minimum absolute atomic E-state index is 0.106. The first-order valence-corrected chi connectivity index (χ1v) is 8.49. The average molecular weight is 318 g/mol. The van der Waals surface area contributed by atoms with Gasteiger partial charge < -0.3 is 10.1 Å². The Morgan fingerprint density at radius 1 is 1.33 bits per heavy atom. The SMILES string of the molecule is CCNCc1ccc(S(=O)(=O)NCC(C)OCC)c(F)c1. The van der Waals surface area contributed by atoms with Crippen LogP contribution < -0.4 is 10.0 Å². The van der Waals surface area contributed by atoms with Gasteiger partial charge in [-0.3, -0.25) is 0 Å². The molecule has 1 rings (SSSR count). The number of hydrogen-bond donors (Lipinski definition) is 2. The van der Waals surface area contributed by atoms with Gasteiger partial charge in [0.1, 0.15) is 10.7 Å². The number of ether oxygens (including phenoxy) is 1. The molecular formula is C14H23FN2O3S. The zero-order chi connectivity index (χ0) is 15.9. The molecule has 0 amide bonds. The normalized spacial score (nSPS) is 13.3. The monoisotopic (exact) mass is 318 g/mol. The van der Waals surface area contributed by atoms with E-state index in [1.807, 2.05) is 13.8 Å². The van der Waals surface area contributed by atoms with Gasteiger partial charge in [-0.25, -0.2) is 17.5 Å². The molecule has 0 aliphatic carbocycles. The number of rotatable bonds is 9. The maximum Gasteiger partial charge on any atom is 0.243 e. The van der Waals surface area contributed by atoms with Gasteiger partial charge in [0, 0.05) is 19.7 Å². The predicted molar refractivity (Wildman–Crippen MR) is 80.1 cm³/mol. The first kappa shape index (κ1) is 18.0. The van der Waals surface area contributed by atoms with E-state index in [1.54, 1.807) is 13.0 Å². The van der Waals surface area contributed by atoms with E-state index in [0.29, 0.717) is 18.7 Å². The van der Waals surface area contributed by atoms with Crippen LogP contribution in [0.1, 0.15) is 26.3 Å². The maximum atomic E-state index is 14.0. The molecule has 0 aliphatic heterocycles. The molecule has 120 valence electrons. The van der Waals surface area contributed by atoms with E-state index in [4.69, 9.17) is 4.74 Å². The molecule has 1 atom stereocenters. The van der Waals surface area contributed by atoms with Crippen molar-refractivity contribution in [2.75, 3.05) is 19.7 Å². The lowest BCUT2D eigenvalue weighted by Crippen LogP contribution is -2.32. The summed E-state index contributed by atoms with van der Waals surface area (Å²) in [6.07, 6.45) is -0.263. The summed E-state index contributed by atoms with van der Waals surface area (Å²) in [4.78, 5) is -0.341. The molecule has 2 N–H and O–H groups in total. The summed E-state index contributed by atoms with van der Waals surface area (Å²) in [6.45, 7) is 7.39. The minimum atomic E-state index is -3.87. The lowest BCUT2D eigenvalue weighted by Gasteiger charge is -2.13. The second-order valence-corrected chi connectivity index (χ2v) is 6.40. The van der Waals surface area contributed by atoms with E-state index in [2.05, 4.69) is 10.0 Å². The molecule has 1 aromatic rings. The Balaban J connectivity index is 2.78. The van der Waals surface area contributed by atoms with Crippen molar-refractivity contribution in [3.05, 3.63) is 29.6 Å². The van der Waals surface area contributed by atoms with Crippen LogP contribution in [-0.4, -0.2) is 34.2 Å². The second-order valence-electron chi connectivity index (χ2n) is 4.66. The maximum absolute atomic E-state index is 14.0. The minimum Gasteiger partial charge on any atom is -0.377 e. The molecule has 0 aliphatic rings. The van der Waals surface area contributed by atoms with Crippen molar-refractivity contribution < 1.29 is 17.5 Å². The third-order valence-corrected chi connectivity index (χ3v) is 4.33. The fraction of sp³-hybridized carbons (Fsp3) is 0.571. The van der Waals surface area contributed by atoms with Crippen LogP contribution in [0.5, 0.6) is 0 Å². The summed E-state index contributed by atoms with van der Waals surface area (Å²) in [7, 11) is -3.87. The largest absolute Gasteiger partial charge is 0.377 e. The van der Waals surface area contributed by atoms with Crippen LogP contribution in [0.25, 0.3) is 0 Å². The first-order chi connectivity index (χ1) is 9.90. The van der Waals surface area contributed by atoms with Gasteiger partial charge in [-0.2, -0.15) is 0 Å². The van der Waals surface area contributed by atoms with Gasteiger partial charge in [0.2, 0.25) is 10.0 Å². The Morgan fingerprint density at radius 3 is 2.62 bits per heavy atom. The van der Waals surface area contributed by atoms with Crippen LogP contribution in [0.3, 0.4) is 0 Å². The van der Waals surface area contributed by atoms with Crippen LogP contribution >= 0.6 is 0 Å². The summed E-state index contributed by atoms with van der Waals surface area (Å²) < 4.78 is 45.7. The quantitative estimate of drug-likeness (QED) is 0.726. The van der Waals surface area contributed by atoms with Gasteiger partial charge in [0.05, 0.1) is 6.10 Å². The first-order valence-electron chi connectivity index (χ1n) is 7.01. The summed E-state index contributed by atoms with van der Waals surface area (Å²) in [5, 5.41) is 3.06. The Hall–Kier alpha value is -1.02. The highest BCUT2D eigenvalue weighted by molar-refractivity contribution is 7.89. The van der Waals surface area contributed by atoms with Gasteiger partial charge in [0.25, 0.3) is 0 Å². The van der Waals surface area contributed by atoms with E-state index in [9.17, 15) is 12.8 Å². The number of benzene rings is 1. The average Bonchev–Trinajstić information content (AvgIpc) is 2.43. The summed E-state index contributed by atoms with van der Waals surface area (Å²) in [5.74, 6) is -0.748. The van der Waals surface area contributed by atoms with Crippen molar-refractivity contribution >= 4 is 10.0 Å². The molecule has 0 saturated carbocycles. The molecule has 1 unspecified atom stereocenters. The molecule has 0 bridgehead atoms. The highest BCUT2D eigenvalue weighted by atomic mass is 32.2. The summed E-state index contributed by atoms with van der Waals surface area (Å²) >= 11 is 0. The molecule has 0 aromatic heterocycles. The van der Waals surface area contributed by atoms with E-state index >= 15 is 0 Å². The van der Waals surface area contributed by atoms with Crippen molar-refractivity contribution in [1.29, 1.82) is 0 Å². The molecule has 0 heterocycles. The van der Waals surface area contributed by atoms with Crippen LogP contribution in [0.15, 0.2) is 23.1 Å². The highest BCUT2D eigenvalue weighted by Gasteiger charge is 2.19. The Bertz CT molecular complexity index is 549. The number of nitrogens with one attached hydrogen (secondary N) is 2. The highest BCUT2D eigenvalue weighted by Crippen LogP contribution is 2.16. The number of hydrogen-bond acceptors (Lipinski definition) is 4. The molecule has 7 heteroatoms. The van der Waals surface area contributed by atoms with Crippen LogP contribution in [0.2, 0.25) is 0 Å². The molecule has 0 spiro atoms. The zero-order valence-corrected chi connectivity index (χ0v) is 13.5. The van der Waals surface area contributed by atoms with E-state index < -0.39 is 15.8 Å². The molecule has 0 saturated heterocycles. The smallest absolute Gasteiger partial charge is 0.243 e. The van der Waals surface area contributed by atoms with E-state index in [1.165, 1.54) is 12.1 Å². The lowest BCUT2D eigenvalue weighted by atomic mass is 10.2. The Morgan fingerprint density at radius 2 is 2.05 bits per heavy atom. The van der Waals surface area contributed by atoms with Gasteiger partial charge in [-0.1, -0.05) is 13.0 Å². The molecule has 5 nitrogen and oxygen atoms in total.